The van der Waals surface area contributed by atoms with Crippen molar-refractivity contribution in [3.05, 3.63) is 18.2 Å². The van der Waals surface area contributed by atoms with Gasteiger partial charge in [-0.3, -0.25) is 4.21 Å². The Kier molecular flexibility index (Phi) is 3.36. The number of rotatable bonds is 2. The van der Waals surface area contributed by atoms with Gasteiger partial charge in [-0.1, -0.05) is 0 Å². The summed E-state index contributed by atoms with van der Waals surface area (Å²) in [5.74, 6) is 0.138. The van der Waals surface area contributed by atoms with Crippen molar-refractivity contribution in [2.75, 3.05) is 0 Å². The van der Waals surface area contributed by atoms with Crippen molar-refractivity contribution in [2.24, 2.45) is 0 Å². The largest absolute Gasteiger partial charge is 0.768 e. The van der Waals surface area contributed by atoms with Gasteiger partial charge in [-0.15, -0.1) is 0 Å². The number of hydrogen-bond donors (Lipinski definition) is 1. The molecule has 0 amide bonds. The maximum Gasteiger partial charge on any atom is 0.134 e. The molecule has 15 heavy (non-hydrogen) atoms. The van der Waals surface area contributed by atoms with Crippen molar-refractivity contribution >= 4 is 11.1 Å². The summed E-state index contributed by atoms with van der Waals surface area (Å²) in [6, 6.07) is 4.10. The predicted molar refractivity (Wildman–Crippen MR) is 55.7 cm³/mol. The molecule has 1 rings (SSSR count). The molecule has 0 saturated carbocycles. The summed E-state index contributed by atoms with van der Waals surface area (Å²) in [5.41, 5.74) is -0.384. The molecule has 0 fully saturated rings. The van der Waals surface area contributed by atoms with Crippen molar-refractivity contribution in [1.29, 1.82) is 0 Å². The molecule has 0 aliphatic heterocycles. The number of phenolic OH excluding ortho intramolecular Hbond substituents is 1. The predicted octanol–water partition coefficient (Wildman–Crippen LogP) is 1.81. The third-order valence-electron chi connectivity index (χ3n) is 1.53. The molecule has 1 unspecified atom stereocenters. The molecule has 0 aromatic heterocycles. The number of aromatic hydroxyl groups is 1. The lowest BCUT2D eigenvalue weighted by Gasteiger charge is -2.21. The second-order valence-electron chi connectivity index (χ2n) is 4.08. The Balaban J connectivity index is 2.97. The first-order chi connectivity index (χ1) is 6.79. The third kappa shape index (κ3) is 3.53. The van der Waals surface area contributed by atoms with Crippen LogP contribution in [0.5, 0.6) is 11.5 Å². The van der Waals surface area contributed by atoms with Crippen LogP contribution in [0.3, 0.4) is 0 Å². The number of ether oxygens (including phenoxy) is 1. The highest BCUT2D eigenvalue weighted by Gasteiger charge is 2.13. The minimum atomic E-state index is -2.43. The highest BCUT2D eigenvalue weighted by molar-refractivity contribution is 7.79. The molecule has 0 bridgehead atoms. The fourth-order valence-electron chi connectivity index (χ4n) is 1.06. The number of phenols is 1. The van der Waals surface area contributed by atoms with Gasteiger partial charge in [0.05, 0.1) is 4.90 Å². The Morgan fingerprint density at radius 1 is 1.40 bits per heavy atom. The molecule has 1 atom stereocenters. The zero-order valence-corrected chi connectivity index (χ0v) is 9.63. The van der Waals surface area contributed by atoms with Crippen LogP contribution in [0.25, 0.3) is 0 Å². The topological polar surface area (TPSA) is 69.6 Å². The van der Waals surface area contributed by atoms with E-state index in [0.717, 1.165) is 0 Å². The molecule has 1 N–H and O–H groups in total. The molecule has 1 aromatic carbocycles. The summed E-state index contributed by atoms with van der Waals surface area (Å²) in [4.78, 5) is -0.128. The van der Waals surface area contributed by atoms with Gasteiger partial charge >= 0.3 is 0 Å². The van der Waals surface area contributed by atoms with Gasteiger partial charge < -0.3 is 14.4 Å². The van der Waals surface area contributed by atoms with E-state index in [4.69, 9.17) is 4.74 Å². The fourth-order valence-corrected chi connectivity index (χ4v) is 1.46. The highest BCUT2D eigenvalue weighted by Crippen LogP contribution is 2.27. The smallest absolute Gasteiger partial charge is 0.134 e. The van der Waals surface area contributed by atoms with Gasteiger partial charge in [-0.2, -0.15) is 0 Å². The van der Waals surface area contributed by atoms with E-state index >= 15 is 0 Å². The van der Waals surface area contributed by atoms with Gasteiger partial charge in [0.1, 0.15) is 17.1 Å². The average molecular weight is 229 g/mol. The molecule has 4 nitrogen and oxygen atoms in total. The minimum Gasteiger partial charge on any atom is -0.768 e. The molecular weight excluding hydrogens is 216 g/mol. The lowest BCUT2D eigenvalue weighted by Crippen LogP contribution is -2.22. The standard InChI is InChI=1S/C10H14O4S/c1-10(2,3)14-7-4-5-9(15(12)13)8(11)6-7/h4-6,11H,1-3H3,(H,12,13)/p-1. The maximum atomic E-state index is 10.6. The Morgan fingerprint density at radius 2 is 2.00 bits per heavy atom. The molecule has 0 aliphatic rings. The van der Waals surface area contributed by atoms with Crippen LogP contribution < -0.4 is 4.74 Å². The van der Waals surface area contributed by atoms with E-state index in [9.17, 15) is 13.9 Å². The number of hydrogen-bond acceptors (Lipinski definition) is 4. The number of benzene rings is 1. The first kappa shape index (κ1) is 12.0. The Morgan fingerprint density at radius 3 is 2.40 bits per heavy atom. The summed E-state index contributed by atoms with van der Waals surface area (Å²) in [6.45, 7) is 5.59. The van der Waals surface area contributed by atoms with Crippen LogP contribution in [0.1, 0.15) is 20.8 Å². The van der Waals surface area contributed by atoms with Crippen LogP contribution in [0, 0.1) is 0 Å². The summed E-state index contributed by atoms with van der Waals surface area (Å²) < 4.78 is 26.7. The van der Waals surface area contributed by atoms with Gasteiger partial charge in [0.15, 0.2) is 0 Å². The minimum absolute atomic E-state index is 0.128. The van der Waals surface area contributed by atoms with Crippen LogP contribution in [0.2, 0.25) is 0 Å². The van der Waals surface area contributed by atoms with E-state index < -0.39 is 11.1 Å². The normalized spacial score (nSPS) is 13.6. The lowest BCUT2D eigenvalue weighted by atomic mass is 10.2. The second kappa shape index (κ2) is 4.20. The highest BCUT2D eigenvalue weighted by atomic mass is 32.2. The van der Waals surface area contributed by atoms with Crippen LogP contribution in [-0.2, 0) is 11.1 Å². The molecule has 1 aromatic rings. The van der Waals surface area contributed by atoms with Gasteiger partial charge in [0, 0.05) is 6.07 Å². The third-order valence-corrected chi connectivity index (χ3v) is 2.24. The average Bonchev–Trinajstić information content (AvgIpc) is 1.99. The van der Waals surface area contributed by atoms with Crippen LogP contribution in [0.15, 0.2) is 23.1 Å². The first-order valence-electron chi connectivity index (χ1n) is 4.41. The van der Waals surface area contributed by atoms with Crippen molar-refractivity contribution in [1.82, 2.24) is 0 Å². The van der Waals surface area contributed by atoms with Gasteiger partial charge in [-0.05, 0) is 44.0 Å². The Hall–Kier alpha value is -1.07. The van der Waals surface area contributed by atoms with E-state index in [1.807, 2.05) is 20.8 Å². The molecule has 0 aliphatic carbocycles. The van der Waals surface area contributed by atoms with Crippen molar-refractivity contribution in [3.8, 4) is 11.5 Å². The van der Waals surface area contributed by atoms with Crippen molar-refractivity contribution in [2.45, 2.75) is 31.3 Å². The Bertz CT molecular complexity index is 381. The quantitative estimate of drug-likeness (QED) is 0.785. The van der Waals surface area contributed by atoms with Gasteiger partial charge in [0.25, 0.3) is 0 Å². The van der Waals surface area contributed by atoms with E-state index in [1.54, 1.807) is 0 Å². The molecule has 0 heterocycles. The van der Waals surface area contributed by atoms with E-state index in [-0.39, 0.29) is 16.2 Å². The zero-order valence-electron chi connectivity index (χ0n) is 8.81. The fraction of sp³-hybridized carbons (Fsp3) is 0.400. The first-order valence-corrected chi connectivity index (χ1v) is 5.48. The molecular formula is C10H13O4S-. The zero-order chi connectivity index (χ0) is 11.6. The molecule has 0 saturated heterocycles. The molecule has 5 heteroatoms. The molecule has 0 spiro atoms. The second-order valence-corrected chi connectivity index (χ2v) is 4.99. The van der Waals surface area contributed by atoms with E-state index in [1.165, 1.54) is 18.2 Å². The SMILES string of the molecule is CC(C)(C)Oc1ccc(S(=O)[O-])c(O)c1. The van der Waals surface area contributed by atoms with Gasteiger partial charge in [-0.25, -0.2) is 0 Å². The summed E-state index contributed by atoms with van der Waals surface area (Å²) in [6.07, 6.45) is 0. The summed E-state index contributed by atoms with van der Waals surface area (Å²) in [7, 11) is 0. The Labute approximate surface area is 91.2 Å². The van der Waals surface area contributed by atoms with E-state index in [2.05, 4.69) is 0 Å². The lowest BCUT2D eigenvalue weighted by molar-refractivity contribution is 0.130. The van der Waals surface area contributed by atoms with Gasteiger partial charge in [0.2, 0.25) is 0 Å². The summed E-state index contributed by atoms with van der Waals surface area (Å²) in [5, 5.41) is 9.39. The summed E-state index contributed by atoms with van der Waals surface area (Å²) >= 11 is -2.43. The van der Waals surface area contributed by atoms with Crippen molar-refractivity contribution in [3.63, 3.8) is 0 Å². The molecule has 0 radical (unpaired) electrons. The maximum absolute atomic E-state index is 10.6. The van der Waals surface area contributed by atoms with E-state index in [0.29, 0.717) is 5.75 Å². The monoisotopic (exact) mass is 229 g/mol. The van der Waals surface area contributed by atoms with Crippen molar-refractivity contribution < 1.29 is 18.6 Å². The van der Waals surface area contributed by atoms with Crippen LogP contribution in [0.4, 0.5) is 0 Å². The molecule has 84 valence electrons. The van der Waals surface area contributed by atoms with Crippen LogP contribution >= 0.6 is 0 Å². The van der Waals surface area contributed by atoms with Crippen LogP contribution in [-0.4, -0.2) is 19.5 Å².